The Bertz CT molecular complexity index is 692. The average Bonchev–Trinajstić information content (AvgIpc) is 3.41. The summed E-state index contributed by atoms with van der Waals surface area (Å²) in [5.41, 5.74) is 0. The van der Waals surface area contributed by atoms with Crippen LogP contribution in [0.4, 0.5) is 5.82 Å². The summed E-state index contributed by atoms with van der Waals surface area (Å²) in [6.45, 7) is 4.54. The highest BCUT2D eigenvalue weighted by atomic mass is 32.2. The van der Waals surface area contributed by atoms with E-state index in [9.17, 15) is 0 Å². The fraction of sp³-hybridized carbons (Fsp3) is 0.500. The zero-order chi connectivity index (χ0) is 15.8. The van der Waals surface area contributed by atoms with Crippen molar-refractivity contribution in [1.29, 1.82) is 0 Å². The maximum atomic E-state index is 4.66. The van der Waals surface area contributed by atoms with Crippen LogP contribution in [0.3, 0.4) is 0 Å². The fourth-order valence-electron chi connectivity index (χ4n) is 3.18. The van der Waals surface area contributed by atoms with E-state index in [1.165, 1.54) is 28.5 Å². The van der Waals surface area contributed by atoms with E-state index >= 15 is 0 Å². The number of benzene rings is 1. The lowest BCUT2D eigenvalue weighted by Gasteiger charge is -2.31. The Morgan fingerprint density at radius 3 is 2.61 bits per heavy atom. The van der Waals surface area contributed by atoms with Gasteiger partial charge in [0.2, 0.25) is 0 Å². The Labute approximate surface area is 142 Å². The monoisotopic (exact) mass is 328 g/mol. The first-order valence-corrected chi connectivity index (χ1v) is 9.22. The van der Waals surface area contributed by atoms with Crippen molar-refractivity contribution in [3.63, 3.8) is 0 Å². The largest absolute Gasteiger partial charge is 0.356 e. The van der Waals surface area contributed by atoms with Gasteiger partial charge in [-0.3, -0.25) is 0 Å². The number of aromatic nitrogens is 1. The number of fused-ring (bicyclic) bond motifs is 1. The highest BCUT2D eigenvalue weighted by molar-refractivity contribution is 7.97. The first kappa shape index (κ1) is 15.2. The van der Waals surface area contributed by atoms with E-state index in [2.05, 4.69) is 57.4 Å². The average molecular weight is 328 g/mol. The highest BCUT2D eigenvalue weighted by Gasteiger charge is 2.28. The van der Waals surface area contributed by atoms with Gasteiger partial charge in [-0.2, -0.15) is 0 Å². The molecule has 5 heteroatoms. The summed E-state index contributed by atoms with van der Waals surface area (Å²) in [6, 6.07) is 9.48. The molecule has 1 aliphatic carbocycles. The molecule has 0 N–H and O–H groups in total. The third kappa shape index (κ3) is 3.18. The van der Waals surface area contributed by atoms with Gasteiger partial charge in [-0.25, -0.2) is 9.29 Å². The highest BCUT2D eigenvalue weighted by Crippen LogP contribution is 2.37. The molecule has 122 valence electrons. The second kappa shape index (κ2) is 6.30. The minimum Gasteiger partial charge on any atom is -0.356 e. The molecule has 0 spiro atoms. The predicted octanol–water partition coefficient (Wildman–Crippen LogP) is 3.09. The maximum Gasteiger partial charge on any atom is 0.136 e. The molecule has 4 rings (SSSR count). The Kier molecular flexibility index (Phi) is 4.18. The van der Waals surface area contributed by atoms with Gasteiger partial charge >= 0.3 is 0 Å². The molecular formula is C18H24N4S. The van der Waals surface area contributed by atoms with Crippen molar-refractivity contribution in [1.82, 2.24) is 14.2 Å². The van der Waals surface area contributed by atoms with Gasteiger partial charge in [-0.05, 0) is 44.0 Å². The Hall–Kier alpha value is -1.30. The molecule has 1 saturated heterocycles. The van der Waals surface area contributed by atoms with Crippen LogP contribution in [0.25, 0.3) is 10.8 Å². The van der Waals surface area contributed by atoms with Crippen molar-refractivity contribution >= 4 is 28.5 Å². The molecule has 4 nitrogen and oxygen atoms in total. The van der Waals surface area contributed by atoms with Gasteiger partial charge in [-0.1, -0.05) is 12.1 Å². The van der Waals surface area contributed by atoms with Crippen LogP contribution < -0.4 is 4.90 Å². The number of hydrogen-bond acceptors (Lipinski definition) is 5. The first-order chi connectivity index (χ1) is 11.2. The standard InChI is InChI=1S/C18H24N4S/c1-20-10-12-22(13-11-20)23-17-5-3-4-16-15(17)8-9-19-18(16)21(2)14-6-7-14/h3-5,8-9,14H,6-7,10-13H2,1-2H3. The number of likely N-dealkylation sites (N-methyl/N-ethyl adjacent to an activating group) is 1. The van der Waals surface area contributed by atoms with Gasteiger partial charge in [0.15, 0.2) is 0 Å². The lowest BCUT2D eigenvalue weighted by atomic mass is 10.1. The van der Waals surface area contributed by atoms with Gasteiger partial charge in [-0.15, -0.1) is 0 Å². The van der Waals surface area contributed by atoms with Crippen LogP contribution >= 0.6 is 11.9 Å². The Balaban J connectivity index is 1.63. The summed E-state index contributed by atoms with van der Waals surface area (Å²) in [7, 11) is 4.38. The molecule has 2 heterocycles. The van der Waals surface area contributed by atoms with Crippen LogP contribution in [-0.2, 0) is 0 Å². The number of nitrogens with zero attached hydrogens (tertiary/aromatic N) is 4. The van der Waals surface area contributed by atoms with Crippen molar-refractivity contribution in [2.75, 3.05) is 45.2 Å². The number of piperazine rings is 1. The Morgan fingerprint density at radius 2 is 1.87 bits per heavy atom. The molecule has 0 unspecified atom stereocenters. The Morgan fingerprint density at radius 1 is 1.09 bits per heavy atom. The quantitative estimate of drug-likeness (QED) is 0.802. The molecule has 23 heavy (non-hydrogen) atoms. The summed E-state index contributed by atoms with van der Waals surface area (Å²) in [4.78, 5) is 10.8. The molecule has 0 atom stereocenters. The van der Waals surface area contributed by atoms with Crippen molar-refractivity contribution in [3.8, 4) is 0 Å². The van der Waals surface area contributed by atoms with Crippen molar-refractivity contribution in [2.24, 2.45) is 0 Å². The summed E-state index contributed by atoms with van der Waals surface area (Å²) >= 11 is 1.90. The first-order valence-electron chi connectivity index (χ1n) is 8.44. The zero-order valence-corrected chi connectivity index (χ0v) is 14.7. The van der Waals surface area contributed by atoms with E-state index in [0.29, 0.717) is 6.04 Å². The van der Waals surface area contributed by atoms with E-state index in [1.807, 2.05) is 18.1 Å². The fourth-order valence-corrected chi connectivity index (χ4v) is 4.22. The van der Waals surface area contributed by atoms with E-state index in [-0.39, 0.29) is 0 Å². The maximum absolute atomic E-state index is 4.66. The van der Waals surface area contributed by atoms with Gasteiger partial charge < -0.3 is 9.80 Å². The minimum atomic E-state index is 0.682. The van der Waals surface area contributed by atoms with E-state index in [4.69, 9.17) is 0 Å². The van der Waals surface area contributed by atoms with Crippen LogP contribution in [0.1, 0.15) is 12.8 Å². The third-order valence-corrected chi connectivity index (χ3v) is 6.04. The second-order valence-corrected chi connectivity index (χ2v) is 7.79. The van der Waals surface area contributed by atoms with Gasteiger partial charge in [0, 0.05) is 61.1 Å². The second-order valence-electron chi connectivity index (χ2n) is 6.65. The van der Waals surface area contributed by atoms with E-state index in [0.717, 1.165) is 32.0 Å². The summed E-state index contributed by atoms with van der Waals surface area (Å²) in [5, 5.41) is 2.61. The molecular weight excluding hydrogens is 304 g/mol. The van der Waals surface area contributed by atoms with Gasteiger partial charge in [0.05, 0.1) is 0 Å². The molecule has 2 fully saturated rings. The summed E-state index contributed by atoms with van der Waals surface area (Å²) in [5.74, 6) is 1.13. The normalized spacial score (nSPS) is 20.1. The van der Waals surface area contributed by atoms with Crippen molar-refractivity contribution in [2.45, 2.75) is 23.8 Å². The lowest BCUT2D eigenvalue weighted by Crippen LogP contribution is -2.40. The number of hydrogen-bond donors (Lipinski definition) is 0. The van der Waals surface area contributed by atoms with Crippen LogP contribution in [0.15, 0.2) is 35.4 Å². The molecule has 0 radical (unpaired) electrons. The minimum absolute atomic E-state index is 0.682. The predicted molar refractivity (Wildman–Crippen MR) is 98.1 cm³/mol. The number of pyridine rings is 1. The van der Waals surface area contributed by atoms with Crippen LogP contribution in [-0.4, -0.2) is 60.5 Å². The smallest absolute Gasteiger partial charge is 0.136 e. The third-order valence-electron chi connectivity index (χ3n) is 4.86. The lowest BCUT2D eigenvalue weighted by molar-refractivity contribution is 0.233. The number of anilines is 1. The van der Waals surface area contributed by atoms with E-state index < -0.39 is 0 Å². The zero-order valence-electron chi connectivity index (χ0n) is 13.9. The van der Waals surface area contributed by atoms with Crippen LogP contribution in [0.5, 0.6) is 0 Å². The van der Waals surface area contributed by atoms with Crippen LogP contribution in [0.2, 0.25) is 0 Å². The summed E-state index contributed by atoms with van der Waals surface area (Å²) < 4.78 is 2.49. The van der Waals surface area contributed by atoms with E-state index in [1.54, 1.807) is 0 Å². The molecule has 1 aromatic heterocycles. The number of rotatable bonds is 4. The van der Waals surface area contributed by atoms with Gasteiger partial charge in [0.1, 0.15) is 5.82 Å². The van der Waals surface area contributed by atoms with Gasteiger partial charge in [0.25, 0.3) is 0 Å². The molecule has 2 aromatic rings. The molecule has 1 saturated carbocycles. The molecule has 1 aliphatic heterocycles. The topological polar surface area (TPSA) is 22.6 Å². The van der Waals surface area contributed by atoms with Crippen molar-refractivity contribution in [3.05, 3.63) is 30.5 Å². The SMILES string of the molecule is CN1CCN(Sc2cccc3c(N(C)C4CC4)nccc23)CC1. The molecule has 0 bridgehead atoms. The van der Waals surface area contributed by atoms with Crippen molar-refractivity contribution < 1.29 is 0 Å². The summed E-state index contributed by atoms with van der Waals surface area (Å²) in [6.07, 6.45) is 4.55. The molecule has 1 aromatic carbocycles. The molecule has 0 amide bonds. The molecule has 2 aliphatic rings. The van der Waals surface area contributed by atoms with Crippen LogP contribution in [0, 0.1) is 0 Å².